The zero-order valence-corrected chi connectivity index (χ0v) is 18.7. The van der Waals surface area contributed by atoms with Gasteiger partial charge in [0.1, 0.15) is 11.6 Å². The number of ether oxygens (including phenoxy) is 1. The Balaban J connectivity index is 1.39. The molecule has 0 atom stereocenters. The first-order chi connectivity index (χ1) is 15.9. The Bertz CT molecular complexity index is 1140. The number of piperidine rings is 1. The maximum absolute atomic E-state index is 11.8. The average molecular weight is 447 g/mol. The Kier molecular flexibility index (Phi) is 6.58. The monoisotopic (exact) mass is 446 g/mol. The van der Waals surface area contributed by atoms with Crippen molar-refractivity contribution in [2.75, 3.05) is 18.0 Å². The zero-order chi connectivity index (χ0) is 23.4. The fourth-order valence-electron chi connectivity index (χ4n) is 4.01. The first-order valence-corrected chi connectivity index (χ1v) is 10.9. The Morgan fingerprint density at radius 1 is 1.09 bits per heavy atom. The van der Waals surface area contributed by atoms with E-state index in [9.17, 15) is 9.59 Å². The maximum atomic E-state index is 11.8. The van der Waals surface area contributed by atoms with E-state index < -0.39 is 11.9 Å². The van der Waals surface area contributed by atoms with Crippen LogP contribution in [0.1, 0.15) is 41.8 Å². The van der Waals surface area contributed by atoms with Crippen LogP contribution in [-0.4, -0.2) is 44.9 Å². The van der Waals surface area contributed by atoms with E-state index in [2.05, 4.69) is 24.8 Å². The molecule has 170 valence electrons. The van der Waals surface area contributed by atoms with E-state index in [4.69, 9.17) is 10.5 Å². The van der Waals surface area contributed by atoms with Crippen LogP contribution in [0.4, 0.5) is 5.82 Å². The zero-order valence-electron chi connectivity index (χ0n) is 18.7. The van der Waals surface area contributed by atoms with Crippen LogP contribution in [0.2, 0.25) is 0 Å². The summed E-state index contributed by atoms with van der Waals surface area (Å²) in [5.74, 6) is 0.489. The number of nitrogens with zero attached hydrogens (tertiary/aromatic N) is 5. The Hall–Kier alpha value is -3.88. The molecule has 0 bridgehead atoms. The molecule has 4 rings (SSSR count). The quantitative estimate of drug-likeness (QED) is 0.573. The van der Waals surface area contributed by atoms with Crippen molar-refractivity contribution in [2.24, 2.45) is 11.7 Å². The van der Waals surface area contributed by atoms with Gasteiger partial charge in [-0.15, -0.1) is 0 Å². The highest BCUT2D eigenvalue weighted by atomic mass is 16.5. The molecular weight excluding hydrogens is 420 g/mol. The highest BCUT2D eigenvalue weighted by molar-refractivity contribution is 5.94. The van der Waals surface area contributed by atoms with Crippen LogP contribution >= 0.6 is 0 Å². The highest BCUT2D eigenvalue weighted by Gasteiger charge is 2.24. The summed E-state index contributed by atoms with van der Waals surface area (Å²) < 4.78 is 5.10. The minimum absolute atomic E-state index is 0.0334. The molecule has 0 spiro atoms. The summed E-state index contributed by atoms with van der Waals surface area (Å²) >= 11 is 0. The summed E-state index contributed by atoms with van der Waals surface area (Å²) in [7, 11) is 0. The number of nitrogens with two attached hydrogens (primary N) is 1. The van der Waals surface area contributed by atoms with Gasteiger partial charge in [-0.05, 0) is 25.7 Å². The second kappa shape index (κ2) is 9.72. The van der Waals surface area contributed by atoms with Crippen LogP contribution in [0.5, 0.6) is 5.75 Å². The molecule has 1 amide bonds. The molecule has 9 heteroatoms. The number of primary amides is 1. The van der Waals surface area contributed by atoms with E-state index in [0.717, 1.165) is 43.0 Å². The molecule has 0 radical (unpaired) electrons. The largest absolute Gasteiger partial charge is 0.422 e. The van der Waals surface area contributed by atoms with E-state index in [-0.39, 0.29) is 11.4 Å². The normalized spacial score (nSPS) is 14.2. The fraction of sp³-hybridized carbons (Fsp3) is 0.333. The van der Waals surface area contributed by atoms with Crippen molar-refractivity contribution >= 4 is 17.7 Å². The number of carbonyl (C=O) groups is 2. The smallest absolute Gasteiger partial charge is 0.308 e. The lowest BCUT2D eigenvalue weighted by Crippen LogP contribution is -2.35. The molecule has 3 heterocycles. The number of benzene rings is 1. The van der Waals surface area contributed by atoms with Gasteiger partial charge >= 0.3 is 5.97 Å². The molecule has 0 saturated carbocycles. The van der Waals surface area contributed by atoms with Gasteiger partial charge in [0.25, 0.3) is 5.91 Å². The molecule has 1 fully saturated rings. The lowest BCUT2D eigenvalue weighted by atomic mass is 9.93. The van der Waals surface area contributed by atoms with E-state index in [0.29, 0.717) is 23.9 Å². The molecule has 33 heavy (non-hydrogen) atoms. The predicted octanol–water partition coefficient (Wildman–Crippen LogP) is 2.73. The Labute approximate surface area is 192 Å². The third-order valence-corrected chi connectivity index (χ3v) is 5.68. The van der Waals surface area contributed by atoms with Gasteiger partial charge in [-0.3, -0.25) is 14.6 Å². The number of aryl methyl sites for hydroxylation is 1. The Morgan fingerprint density at radius 3 is 2.42 bits per heavy atom. The van der Waals surface area contributed by atoms with Crippen molar-refractivity contribution in [3.05, 3.63) is 59.9 Å². The number of anilines is 1. The minimum Gasteiger partial charge on any atom is -0.422 e. The molecule has 1 aromatic carbocycles. The van der Waals surface area contributed by atoms with Crippen LogP contribution in [0.3, 0.4) is 0 Å². The van der Waals surface area contributed by atoms with Crippen molar-refractivity contribution in [3.63, 3.8) is 0 Å². The summed E-state index contributed by atoms with van der Waals surface area (Å²) in [6, 6.07) is 9.97. The van der Waals surface area contributed by atoms with Gasteiger partial charge in [-0.25, -0.2) is 15.0 Å². The molecule has 1 aliphatic heterocycles. The van der Waals surface area contributed by atoms with Crippen molar-refractivity contribution in [2.45, 2.75) is 33.1 Å². The van der Waals surface area contributed by atoms with Gasteiger partial charge in [0.2, 0.25) is 0 Å². The van der Waals surface area contributed by atoms with Crippen LogP contribution in [-0.2, 0) is 11.2 Å². The third-order valence-electron chi connectivity index (χ3n) is 5.68. The molecule has 0 aliphatic carbocycles. The lowest BCUT2D eigenvalue weighted by Gasteiger charge is -2.32. The third kappa shape index (κ3) is 5.31. The average Bonchev–Trinajstić information content (AvgIpc) is 2.81. The van der Waals surface area contributed by atoms with Crippen molar-refractivity contribution in [1.29, 1.82) is 0 Å². The second-order valence-electron chi connectivity index (χ2n) is 8.12. The SMILES string of the molecule is CC(=O)Oc1c(C)nc(CC2CCN(c3cnc(-c4ccccc4)cn3)CC2)nc1C(N)=O. The highest BCUT2D eigenvalue weighted by Crippen LogP contribution is 2.27. The summed E-state index contributed by atoms with van der Waals surface area (Å²) in [5.41, 5.74) is 7.71. The van der Waals surface area contributed by atoms with Gasteiger partial charge in [0.15, 0.2) is 11.4 Å². The van der Waals surface area contributed by atoms with Crippen molar-refractivity contribution in [1.82, 2.24) is 19.9 Å². The van der Waals surface area contributed by atoms with Gasteiger partial charge in [0.05, 0.1) is 23.8 Å². The summed E-state index contributed by atoms with van der Waals surface area (Å²) in [6.45, 7) is 4.62. The predicted molar refractivity (Wildman–Crippen MR) is 123 cm³/mol. The first kappa shape index (κ1) is 22.3. The van der Waals surface area contributed by atoms with Crippen LogP contribution in [0, 0.1) is 12.8 Å². The summed E-state index contributed by atoms with van der Waals surface area (Å²) in [5, 5.41) is 0. The number of hydrogen-bond donors (Lipinski definition) is 1. The summed E-state index contributed by atoms with van der Waals surface area (Å²) in [6.07, 6.45) is 6.11. The van der Waals surface area contributed by atoms with Gasteiger partial charge in [0, 0.05) is 32.0 Å². The van der Waals surface area contributed by atoms with Gasteiger partial charge in [-0.2, -0.15) is 0 Å². The molecule has 9 nitrogen and oxygen atoms in total. The van der Waals surface area contributed by atoms with Gasteiger partial charge in [-0.1, -0.05) is 30.3 Å². The molecule has 1 saturated heterocycles. The number of carbonyl (C=O) groups excluding carboxylic acids is 2. The standard InChI is InChI=1S/C24H26N6O3/c1-15-23(33-16(2)31)22(24(25)32)29-20(28-15)12-17-8-10-30(11-9-17)21-14-26-19(13-27-21)18-6-4-3-5-7-18/h3-7,13-14,17H,8-12H2,1-2H3,(H2,25,32). The number of hydrogen-bond acceptors (Lipinski definition) is 8. The van der Waals surface area contributed by atoms with Crippen molar-refractivity contribution < 1.29 is 14.3 Å². The molecule has 2 aromatic heterocycles. The maximum Gasteiger partial charge on any atom is 0.308 e. The number of esters is 1. The van der Waals surface area contributed by atoms with E-state index in [1.807, 2.05) is 42.7 Å². The number of rotatable bonds is 6. The molecule has 1 aliphatic rings. The molecule has 3 aromatic rings. The van der Waals surface area contributed by atoms with Crippen LogP contribution < -0.4 is 15.4 Å². The molecule has 0 unspecified atom stereocenters. The van der Waals surface area contributed by atoms with Crippen LogP contribution in [0.15, 0.2) is 42.7 Å². The number of amides is 1. The van der Waals surface area contributed by atoms with Crippen molar-refractivity contribution in [3.8, 4) is 17.0 Å². The lowest BCUT2D eigenvalue weighted by molar-refractivity contribution is -0.132. The van der Waals surface area contributed by atoms with Gasteiger partial charge < -0.3 is 15.4 Å². The topological polar surface area (TPSA) is 124 Å². The molecule has 2 N–H and O–H groups in total. The second-order valence-corrected chi connectivity index (χ2v) is 8.12. The van der Waals surface area contributed by atoms with E-state index in [1.54, 1.807) is 6.92 Å². The number of aromatic nitrogens is 4. The van der Waals surface area contributed by atoms with Crippen LogP contribution in [0.25, 0.3) is 11.3 Å². The minimum atomic E-state index is -0.745. The Morgan fingerprint density at radius 2 is 1.82 bits per heavy atom. The molecular formula is C24H26N6O3. The van der Waals surface area contributed by atoms with E-state index in [1.165, 1.54) is 6.92 Å². The summed E-state index contributed by atoms with van der Waals surface area (Å²) in [4.78, 5) is 43.3. The first-order valence-electron chi connectivity index (χ1n) is 10.9. The van der Waals surface area contributed by atoms with E-state index >= 15 is 0 Å². The fourth-order valence-corrected chi connectivity index (χ4v) is 4.01.